The predicted molar refractivity (Wildman–Crippen MR) is 103 cm³/mol. The molecule has 7 heteroatoms. The molecule has 6 nitrogen and oxygen atoms in total. The molecular formula is C19H23N3O3S. The van der Waals surface area contributed by atoms with Gasteiger partial charge in [-0.2, -0.15) is 0 Å². The van der Waals surface area contributed by atoms with Crippen molar-refractivity contribution in [2.75, 3.05) is 5.32 Å². The van der Waals surface area contributed by atoms with Gasteiger partial charge in [0, 0.05) is 6.07 Å². The number of carbonyl (C=O) groups excluding carboxylic acids is 1. The zero-order chi connectivity index (χ0) is 18.5. The van der Waals surface area contributed by atoms with Crippen molar-refractivity contribution in [3.8, 4) is 0 Å². The standard InChI is InChI=1S/C19H23N3O3S/c1-11-15(3-2-4-16(11)22(24)25)20-18(26)21-17(23)19-8-12-5-13(9-19)7-14(6-12)10-19/h2-4,12-14H,5-10H2,1H3,(H2,20,21,23,26). The van der Waals surface area contributed by atoms with Gasteiger partial charge in [-0.25, -0.2) is 0 Å². The Balaban J connectivity index is 1.45. The fraction of sp³-hybridized carbons (Fsp3) is 0.579. The SMILES string of the molecule is Cc1c(NC(=S)NC(=O)C23CC4CC(CC(C4)C2)C3)cccc1[N+](=O)[O-]. The summed E-state index contributed by atoms with van der Waals surface area (Å²) in [4.78, 5) is 23.7. The van der Waals surface area contributed by atoms with Crippen LogP contribution in [0.3, 0.4) is 0 Å². The average Bonchev–Trinajstić information content (AvgIpc) is 2.55. The Morgan fingerprint density at radius 2 is 1.77 bits per heavy atom. The van der Waals surface area contributed by atoms with Gasteiger partial charge in [0.2, 0.25) is 5.91 Å². The second-order valence-corrected chi connectivity index (χ2v) is 8.72. The van der Waals surface area contributed by atoms with Crippen LogP contribution in [0.5, 0.6) is 0 Å². The molecule has 0 spiro atoms. The zero-order valence-electron chi connectivity index (χ0n) is 14.8. The van der Waals surface area contributed by atoms with E-state index in [4.69, 9.17) is 12.2 Å². The molecule has 0 radical (unpaired) electrons. The van der Waals surface area contributed by atoms with Crippen molar-refractivity contribution in [2.45, 2.75) is 45.4 Å². The lowest BCUT2D eigenvalue weighted by Gasteiger charge is -2.55. The highest BCUT2D eigenvalue weighted by Gasteiger charge is 2.54. The van der Waals surface area contributed by atoms with Gasteiger partial charge in [0.05, 0.1) is 21.6 Å². The maximum Gasteiger partial charge on any atom is 0.274 e. The molecule has 0 atom stereocenters. The molecule has 2 N–H and O–H groups in total. The first kappa shape index (κ1) is 17.4. The van der Waals surface area contributed by atoms with Crippen molar-refractivity contribution in [3.05, 3.63) is 33.9 Å². The van der Waals surface area contributed by atoms with Gasteiger partial charge in [-0.05, 0) is 81.5 Å². The number of hydrogen-bond acceptors (Lipinski definition) is 4. The summed E-state index contributed by atoms with van der Waals surface area (Å²) in [5, 5.41) is 17.1. The van der Waals surface area contributed by atoms with E-state index in [0.29, 0.717) is 29.0 Å². The van der Waals surface area contributed by atoms with E-state index in [1.54, 1.807) is 19.1 Å². The maximum atomic E-state index is 13.0. The number of anilines is 1. The molecule has 0 aromatic heterocycles. The molecular weight excluding hydrogens is 350 g/mol. The summed E-state index contributed by atoms with van der Waals surface area (Å²) in [6, 6.07) is 4.79. The molecule has 4 aliphatic carbocycles. The number of nitro groups is 1. The van der Waals surface area contributed by atoms with Gasteiger partial charge in [-0.1, -0.05) is 6.07 Å². The third-order valence-electron chi connectivity index (χ3n) is 6.50. The number of nitrogens with zero attached hydrogens (tertiary/aromatic N) is 1. The lowest BCUT2D eigenvalue weighted by atomic mass is 9.49. The first-order valence-electron chi connectivity index (χ1n) is 9.23. The van der Waals surface area contributed by atoms with Gasteiger partial charge < -0.3 is 10.6 Å². The first-order chi connectivity index (χ1) is 12.4. The Labute approximate surface area is 157 Å². The van der Waals surface area contributed by atoms with Crippen LogP contribution in [0.15, 0.2) is 18.2 Å². The lowest BCUT2D eigenvalue weighted by Crippen LogP contribution is -2.55. The van der Waals surface area contributed by atoms with E-state index >= 15 is 0 Å². The molecule has 1 aromatic rings. The van der Waals surface area contributed by atoms with E-state index in [0.717, 1.165) is 19.3 Å². The van der Waals surface area contributed by atoms with Crippen molar-refractivity contribution in [3.63, 3.8) is 0 Å². The number of thiocarbonyl (C=S) groups is 1. The van der Waals surface area contributed by atoms with Gasteiger partial charge in [-0.3, -0.25) is 14.9 Å². The summed E-state index contributed by atoms with van der Waals surface area (Å²) in [6.45, 7) is 1.67. The third kappa shape index (κ3) is 2.98. The van der Waals surface area contributed by atoms with Crippen molar-refractivity contribution in [2.24, 2.45) is 23.2 Å². The van der Waals surface area contributed by atoms with Crippen LogP contribution >= 0.6 is 12.2 Å². The number of carbonyl (C=O) groups is 1. The smallest absolute Gasteiger partial charge is 0.274 e. The molecule has 0 saturated heterocycles. The number of nitrogens with one attached hydrogen (secondary N) is 2. The Hall–Kier alpha value is -2.02. The Morgan fingerprint density at radius 1 is 1.19 bits per heavy atom. The van der Waals surface area contributed by atoms with E-state index < -0.39 is 4.92 Å². The molecule has 4 saturated carbocycles. The Kier molecular flexibility index (Phi) is 4.22. The van der Waals surface area contributed by atoms with Crippen LogP contribution in [0.25, 0.3) is 0 Å². The molecule has 1 amide bonds. The minimum Gasteiger partial charge on any atom is -0.332 e. The van der Waals surface area contributed by atoms with Crippen molar-refractivity contribution >= 4 is 34.6 Å². The van der Waals surface area contributed by atoms with Crippen LogP contribution in [0.1, 0.15) is 44.1 Å². The minimum absolute atomic E-state index is 0.0252. The molecule has 138 valence electrons. The number of nitro benzene ring substituents is 1. The number of rotatable bonds is 3. The molecule has 1 aromatic carbocycles. The van der Waals surface area contributed by atoms with Crippen LogP contribution < -0.4 is 10.6 Å². The summed E-state index contributed by atoms with van der Waals surface area (Å²) in [6.07, 6.45) is 6.77. The summed E-state index contributed by atoms with van der Waals surface area (Å²) < 4.78 is 0. The van der Waals surface area contributed by atoms with Gasteiger partial charge >= 0.3 is 0 Å². The molecule has 0 aliphatic heterocycles. The normalized spacial score (nSPS) is 31.5. The van der Waals surface area contributed by atoms with E-state index in [1.165, 1.54) is 25.3 Å². The maximum absolute atomic E-state index is 13.0. The fourth-order valence-electron chi connectivity index (χ4n) is 5.73. The average molecular weight is 373 g/mol. The number of amides is 1. The largest absolute Gasteiger partial charge is 0.332 e. The fourth-order valence-corrected chi connectivity index (χ4v) is 5.94. The summed E-state index contributed by atoms with van der Waals surface area (Å²) in [7, 11) is 0. The minimum atomic E-state index is -0.419. The van der Waals surface area contributed by atoms with Gasteiger partial charge in [0.15, 0.2) is 5.11 Å². The zero-order valence-corrected chi connectivity index (χ0v) is 15.6. The van der Waals surface area contributed by atoms with E-state index in [2.05, 4.69) is 10.6 Å². The van der Waals surface area contributed by atoms with Crippen LogP contribution in [0, 0.1) is 40.2 Å². The van der Waals surface area contributed by atoms with E-state index in [9.17, 15) is 14.9 Å². The summed E-state index contributed by atoms with van der Waals surface area (Å²) in [5.41, 5.74) is 0.821. The third-order valence-corrected chi connectivity index (χ3v) is 6.70. The second-order valence-electron chi connectivity index (χ2n) is 8.31. The Bertz CT molecular complexity index is 757. The monoisotopic (exact) mass is 373 g/mol. The molecule has 0 unspecified atom stereocenters. The van der Waals surface area contributed by atoms with Crippen molar-refractivity contribution in [1.82, 2.24) is 5.32 Å². The highest BCUT2D eigenvalue weighted by atomic mass is 32.1. The quantitative estimate of drug-likeness (QED) is 0.476. The highest BCUT2D eigenvalue weighted by molar-refractivity contribution is 7.80. The van der Waals surface area contributed by atoms with Gasteiger partial charge in [0.25, 0.3) is 5.69 Å². The molecule has 4 aliphatic rings. The topological polar surface area (TPSA) is 84.3 Å². The molecule has 0 heterocycles. The molecule has 26 heavy (non-hydrogen) atoms. The number of benzene rings is 1. The summed E-state index contributed by atoms with van der Waals surface area (Å²) >= 11 is 5.32. The number of hydrogen-bond donors (Lipinski definition) is 2. The van der Waals surface area contributed by atoms with Crippen LogP contribution in [-0.2, 0) is 4.79 Å². The van der Waals surface area contributed by atoms with Gasteiger partial charge in [-0.15, -0.1) is 0 Å². The summed E-state index contributed by atoms with van der Waals surface area (Å²) in [5.74, 6) is 2.09. The first-order valence-corrected chi connectivity index (χ1v) is 9.63. The molecule has 4 fully saturated rings. The van der Waals surface area contributed by atoms with Crippen molar-refractivity contribution in [1.29, 1.82) is 0 Å². The van der Waals surface area contributed by atoms with Crippen LogP contribution in [0.2, 0.25) is 0 Å². The van der Waals surface area contributed by atoms with Gasteiger partial charge in [0.1, 0.15) is 0 Å². The van der Waals surface area contributed by atoms with Crippen LogP contribution in [0.4, 0.5) is 11.4 Å². The van der Waals surface area contributed by atoms with E-state index in [1.807, 2.05) is 0 Å². The highest BCUT2D eigenvalue weighted by Crippen LogP contribution is 2.60. The van der Waals surface area contributed by atoms with Crippen LogP contribution in [-0.4, -0.2) is 15.9 Å². The molecule has 4 bridgehead atoms. The predicted octanol–water partition coefficient (Wildman–Crippen LogP) is 3.93. The second kappa shape index (κ2) is 6.30. The molecule has 5 rings (SSSR count). The Morgan fingerprint density at radius 3 is 2.31 bits per heavy atom. The van der Waals surface area contributed by atoms with E-state index in [-0.39, 0.29) is 22.1 Å². The lowest BCUT2D eigenvalue weighted by molar-refractivity contribution is -0.385. The van der Waals surface area contributed by atoms with Crippen molar-refractivity contribution < 1.29 is 9.72 Å².